The van der Waals surface area contributed by atoms with Crippen LogP contribution in [0.4, 0.5) is 11.4 Å². The summed E-state index contributed by atoms with van der Waals surface area (Å²) in [5.41, 5.74) is 2.61. The largest absolute Gasteiger partial charge is 0.273 e. The van der Waals surface area contributed by atoms with E-state index < -0.39 is 12.0 Å². The van der Waals surface area contributed by atoms with E-state index in [1.807, 2.05) is 66.6 Å². The number of aryl methyl sites for hydroxylation is 1. The molecule has 2 fully saturated rings. The maximum absolute atomic E-state index is 13.6. The zero-order valence-corrected chi connectivity index (χ0v) is 18.0. The summed E-state index contributed by atoms with van der Waals surface area (Å²) >= 11 is 0. The second-order valence-electron chi connectivity index (χ2n) is 8.36. The maximum atomic E-state index is 13.6. The van der Waals surface area contributed by atoms with Crippen LogP contribution in [0.25, 0.3) is 0 Å². The molecule has 158 valence electrons. The van der Waals surface area contributed by atoms with Gasteiger partial charge >= 0.3 is 0 Å². The lowest BCUT2D eigenvalue weighted by atomic mass is 9.82. The van der Waals surface area contributed by atoms with Crippen molar-refractivity contribution in [2.45, 2.75) is 58.6 Å². The number of anilines is 2. The van der Waals surface area contributed by atoms with Gasteiger partial charge in [-0.2, -0.15) is 0 Å². The quantitative estimate of drug-likeness (QED) is 0.614. The first-order valence-electron chi connectivity index (χ1n) is 11.0. The number of para-hydroxylation sites is 1. The fourth-order valence-electron chi connectivity index (χ4n) is 4.77. The Bertz CT molecular complexity index is 896. The molecule has 4 atom stereocenters. The van der Waals surface area contributed by atoms with Crippen LogP contribution >= 0.6 is 0 Å². The highest BCUT2D eigenvalue weighted by Crippen LogP contribution is 2.44. The van der Waals surface area contributed by atoms with Gasteiger partial charge in [-0.25, -0.2) is 9.96 Å². The molecule has 2 heterocycles. The van der Waals surface area contributed by atoms with Crippen molar-refractivity contribution in [3.63, 3.8) is 0 Å². The fraction of sp³-hybridized carbons (Fsp3) is 0.440. The molecule has 2 aliphatic heterocycles. The summed E-state index contributed by atoms with van der Waals surface area (Å²) in [5.74, 6) is -0.620. The van der Waals surface area contributed by atoms with Crippen molar-refractivity contribution in [3.8, 4) is 0 Å². The van der Waals surface area contributed by atoms with Crippen molar-refractivity contribution in [3.05, 3.63) is 60.2 Å². The lowest BCUT2D eigenvalue weighted by Crippen LogP contribution is -2.44. The van der Waals surface area contributed by atoms with E-state index in [0.717, 1.165) is 36.9 Å². The lowest BCUT2D eigenvalue weighted by molar-refractivity contribution is -0.126. The van der Waals surface area contributed by atoms with Crippen molar-refractivity contribution >= 4 is 23.2 Å². The molecule has 0 aromatic heterocycles. The van der Waals surface area contributed by atoms with Crippen LogP contribution in [-0.4, -0.2) is 24.0 Å². The van der Waals surface area contributed by atoms with E-state index in [1.165, 1.54) is 4.90 Å². The number of amides is 2. The molecule has 2 amide bonds. The Morgan fingerprint density at radius 1 is 0.933 bits per heavy atom. The van der Waals surface area contributed by atoms with Crippen molar-refractivity contribution < 1.29 is 14.4 Å². The standard InChI is InChI=1S/C25H30N2O3/c1-4-6-10-18(5-2)22-21-23(30-27(22)20-11-8-7-9-12-20)25(29)26(24(21)28)19-15-13-17(3)14-16-19/h7-9,11-16,18,21-23H,4-6,10H2,1-3H3/t18-,21-,22+,23+/m0/s1. The van der Waals surface area contributed by atoms with Crippen molar-refractivity contribution in [1.29, 1.82) is 0 Å². The van der Waals surface area contributed by atoms with E-state index in [4.69, 9.17) is 4.84 Å². The smallest absolute Gasteiger partial charge is 0.266 e. The third-order valence-corrected chi connectivity index (χ3v) is 6.40. The minimum atomic E-state index is -0.764. The summed E-state index contributed by atoms with van der Waals surface area (Å²) in [7, 11) is 0. The highest BCUT2D eigenvalue weighted by atomic mass is 16.7. The van der Waals surface area contributed by atoms with Crippen LogP contribution in [0.5, 0.6) is 0 Å². The van der Waals surface area contributed by atoms with Gasteiger partial charge < -0.3 is 0 Å². The Hall–Kier alpha value is -2.66. The molecule has 0 aliphatic carbocycles. The number of carbonyl (C=O) groups is 2. The van der Waals surface area contributed by atoms with Gasteiger partial charge in [0.05, 0.1) is 23.3 Å². The number of rotatable bonds is 7. The average Bonchev–Trinajstić information content (AvgIpc) is 3.27. The minimum Gasteiger partial charge on any atom is -0.273 e. The molecule has 5 nitrogen and oxygen atoms in total. The number of carbonyl (C=O) groups excluding carboxylic acids is 2. The maximum Gasteiger partial charge on any atom is 0.266 e. The minimum absolute atomic E-state index is 0.146. The van der Waals surface area contributed by atoms with Crippen LogP contribution in [-0.2, 0) is 14.4 Å². The van der Waals surface area contributed by atoms with Crippen molar-refractivity contribution in [2.75, 3.05) is 9.96 Å². The van der Waals surface area contributed by atoms with Gasteiger partial charge in [-0.05, 0) is 43.5 Å². The van der Waals surface area contributed by atoms with E-state index in [1.54, 1.807) is 0 Å². The number of imide groups is 1. The highest BCUT2D eigenvalue weighted by molar-refractivity contribution is 6.23. The fourth-order valence-corrected chi connectivity index (χ4v) is 4.77. The van der Waals surface area contributed by atoms with Gasteiger partial charge in [-0.1, -0.05) is 69.0 Å². The molecule has 2 saturated heterocycles. The first-order valence-corrected chi connectivity index (χ1v) is 11.0. The van der Waals surface area contributed by atoms with E-state index in [9.17, 15) is 9.59 Å². The van der Waals surface area contributed by atoms with E-state index in [0.29, 0.717) is 5.69 Å². The number of hydroxylamine groups is 1. The van der Waals surface area contributed by atoms with Crippen LogP contribution in [0, 0.1) is 18.8 Å². The lowest BCUT2D eigenvalue weighted by Gasteiger charge is -2.33. The molecule has 2 aromatic rings. The Balaban J connectivity index is 1.71. The normalized spacial score (nSPS) is 24.4. The summed E-state index contributed by atoms with van der Waals surface area (Å²) in [5, 5.41) is 1.85. The number of unbranched alkanes of at least 4 members (excludes halogenated alkanes) is 1. The monoisotopic (exact) mass is 406 g/mol. The predicted molar refractivity (Wildman–Crippen MR) is 118 cm³/mol. The van der Waals surface area contributed by atoms with Crippen molar-refractivity contribution in [2.24, 2.45) is 11.8 Å². The van der Waals surface area contributed by atoms with Gasteiger partial charge in [-0.3, -0.25) is 14.4 Å². The van der Waals surface area contributed by atoms with Gasteiger partial charge in [0.1, 0.15) is 0 Å². The second kappa shape index (κ2) is 8.60. The molecular weight excluding hydrogens is 376 g/mol. The molecule has 2 aliphatic rings. The number of benzene rings is 2. The summed E-state index contributed by atoms with van der Waals surface area (Å²) < 4.78 is 0. The third kappa shape index (κ3) is 3.52. The van der Waals surface area contributed by atoms with E-state index in [2.05, 4.69) is 13.8 Å². The Morgan fingerprint density at radius 2 is 1.63 bits per heavy atom. The van der Waals surface area contributed by atoms with Gasteiger partial charge in [-0.15, -0.1) is 0 Å². The van der Waals surface area contributed by atoms with Crippen molar-refractivity contribution in [1.82, 2.24) is 0 Å². The van der Waals surface area contributed by atoms with Gasteiger partial charge in [0, 0.05) is 0 Å². The Morgan fingerprint density at radius 3 is 2.27 bits per heavy atom. The van der Waals surface area contributed by atoms with Crippen LogP contribution < -0.4 is 9.96 Å². The molecule has 30 heavy (non-hydrogen) atoms. The number of hydrogen-bond donors (Lipinski definition) is 0. The molecule has 0 N–H and O–H groups in total. The summed E-state index contributed by atoms with van der Waals surface area (Å²) in [4.78, 5) is 34.4. The van der Waals surface area contributed by atoms with Crippen LogP contribution in [0.1, 0.15) is 45.1 Å². The van der Waals surface area contributed by atoms with E-state index >= 15 is 0 Å². The Labute approximate surface area is 178 Å². The average molecular weight is 407 g/mol. The van der Waals surface area contributed by atoms with Gasteiger partial charge in [0.2, 0.25) is 5.91 Å². The highest BCUT2D eigenvalue weighted by Gasteiger charge is 2.61. The number of nitrogens with zero attached hydrogens (tertiary/aromatic N) is 2. The molecule has 0 saturated carbocycles. The molecule has 5 heteroatoms. The zero-order valence-electron chi connectivity index (χ0n) is 18.0. The molecule has 2 aromatic carbocycles. The summed E-state index contributed by atoms with van der Waals surface area (Å²) in [6.07, 6.45) is 3.39. The zero-order chi connectivity index (χ0) is 21.3. The van der Waals surface area contributed by atoms with Gasteiger partial charge in [0.25, 0.3) is 5.91 Å². The molecule has 0 bridgehead atoms. The van der Waals surface area contributed by atoms with E-state index in [-0.39, 0.29) is 23.8 Å². The van der Waals surface area contributed by atoms with Gasteiger partial charge in [0.15, 0.2) is 6.10 Å². The molecule has 0 radical (unpaired) electrons. The summed E-state index contributed by atoms with van der Waals surface area (Å²) in [6.45, 7) is 6.33. The molecular formula is C25H30N2O3. The van der Waals surface area contributed by atoms with Crippen LogP contribution in [0.2, 0.25) is 0 Å². The van der Waals surface area contributed by atoms with Crippen LogP contribution in [0.3, 0.4) is 0 Å². The first-order chi connectivity index (χ1) is 14.6. The summed E-state index contributed by atoms with van der Waals surface area (Å²) in [6, 6.07) is 17.2. The second-order valence-corrected chi connectivity index (χ2v) is 8.36. The number of fused-ring (bicyclic) bond motifs is 1. The topological polar surface area (TPSA) is 49.9 Å². The molecule has 4 rings (SSSR count). The van der Waals surface area contributed by atoms with Crippen LogP contribution in [0.15, 0.2) is 54.6 Å². The Kier molecular flexibility index (Phi) is 5.91. The molecule has 0 unspecified atom stereocenters. The SMILES string of the molecule is CCCC[C@H](CC)[C@@H]1[C@@H]2C(=O)N(c3ccc(C)cc3)C(=O)[C@@H]2ON1c1ccccc1. The third-order valence-electron chi connectivity index (χ3n) is 6.40. The number of hydrogen-bond acceptors (Lipinski definition) is 4. The predicted octanol–water partition coefficient (Wildman–Crippen LogP) is 4.89. The molecule has 0 spiro atoms. The first kappa shape index (κ1) is 20.6.